The summed E-state index contributed by atoms with van der Waals surface area (Å²) in [4.78, 5) is 73.5. The van der Waals surface area contributed by atoms with Gasteiger partial charge in [-0.1, -0.05) is 56.1 Å². The Hall–Kier alpha value is -3.38. The molecule has 1 saturated heterocycles. The van der Waals surface area contributed by atoms with Gasteiger partial charge in [-0.25, -0.2) is 4.79 Å². The first-order valence-electron chi connectivity index (χ1n) is 13.5. The van der Waals surface area contributed by atoms with E-state index in [1.165, 1.54) is 0 Å². The van der Waals surface area contributed by atoms with Gasteiger partial charge in [0.25, 0.3) is 11.8 Å². The largest absolute Gasteiger partial charge is 0.426 e. The molecule has 1 heterocycles. The fourth-order valence-corrected chi connectivity index (χ4v) is 3.44. The summed E-state index contributed by atoms with van der Waals surface area (Å²) in [6.07, 6.45) is 1.77. The number of carbonyl (C=O) groups excluding carboxylic acids is 6. The van der Waals surface area contributed by atoms with Crippen LogP contribution in [0.4, 0.5) is 0 Å². The highest BCUT2D eigenvalue weighted by Crippen LogP contribution is 2.22. The summed E-state index contributed by atoms with van der Waals surface area (Å²) in [5, 5.41) is 0.535. The van der Waals surface area contributed by atoms with Crippen molar-refractivity contribution in [2.24, 2.45) is 0 Å². The molecule has 0 radical (unpaired) electrons. The molecule has 1 fully saturated rings. The van der Waals surface area contributed by atoms with Gasteiger partial charge in [0.2, 0.25) is 0 Å². The van der Waals surface area contributed by atoms with Crippen molar-refractivity contribution < 1.29 is 43.1 Å². The van der Waals surface area contributed by atoms with E-state index < -0.39 is 32.4 Å². The Balaban J connectivity index is 0.000000317. The van der Waals surface area contributed by atoms with Crippen LogP contribution >= 0.6 is 31.9 Å². The first kappa shape index (κ1) is 35.8. The number of ketones is 1. The smallest absolute Gasteiger partial charge is 0.333 e. The summed E-state index contributed by atoms with van der Waals surface area (Å²) in [6, 6.07) is 13.9. The zero-order valence-electron chi connectivity index (χ0n) is 24.7. The van der Waals surface area contributed by atoms with Crippen LogP contribution in [-0.4, -0.2) is 49.2 Å². The maximum Gasteiger partial charge on any atom is 0.333 e. The van der Waals surface area contributed by atoms with E-state index in [-0.39, 0.29) is 31.0 Å². The Morgan fingerprint density at radius 2 is 1.07 bits per heavy atom. The molecule has 1 aliphatic rings. The van der Waals surface area contributed by atoms with Crippen LogP contribution in [0.3, 0.4) is 0 Å². The third kappa shape index (κ3) is 12.8. The molecule has 0 aliphatic carbocycles. The van der Waals surface area contributed by atoms with Crippen LogP contribution in [0.25, 0.3) is 0 Å². The minimum Gasteiger partial charge on any atom is -0.426 e. The second-order valence-electron chi connectivity index (χ2n) is 10.8. The quantitative estimate of drug-likeness (QED) is 0.126. The van der Waals surface area contributed by atoms with Crippen molar-refractivity contribution in [3.8, 4) is 11.5 Å². The van der Waals surface area contributed by atoms with Crippen molar-refractivity contribution in [1.29, 1.82) is 0 Å². The molecular formula is C31H35Br2NO9. The van der Waals surface area contributed by atoms with Gasteiger partial charge < -0.3 is 19.1 Å². The number of hydrogen-bond donors (Lipinski definition) is 0. The number of hydroxylamine groups is 2. The third-order valence-electron chi connectivity index (χ3n) is 5.82. The van der Waals surface area contributed by atoms with Gasteiger partial charge in [-0.3, -0.25) is 19.2 Å². The van der Waals surface area contributed by atoms with Crippen LogP contribution in [0.1, 0.15) is 71.4 Å². The Bertz CT molecular complexity index is 1310. The number of nitrogens with zero attached hydrogens (tertiary/aromatic N) is 1. The summed E-state index contributed by atoms with van der Waals surface area (Å²) >= 11 is 6.47. The number of aryl methyl sites for hydroxylation is 2. The predicted octanol–water partition coefficient (Wildman–Crippen LogP) is 5.59. The molecule has 0 aromatic heterocycles. The number of esters is 2. The SMILES string of the molecule is CC(=O)CCc1ccc(OC(=O)C(C)(C)Br)cc1.CC(C)(Br)C(=O)Oc1ccc(CCC(=O)ON2C(=O)CCC2=O)cc1. The van der Waals surface area contributed by atoms with Gasteiger partial charge in [-0.15, -0.1) is 5.06 Å². The van der Waals surface area contributed by atoms with Crippen molar-refractivity contribution in [3.63, 3.8) is 0 Å². The van der Waals surface area contributed by atoms with Crippen LogP contribution in [0.2, 0.25) is 0 Å². The van der Waals surface area contributed by atoms with E-state index in [9.17, 15) is 28.8 Å². The highest BCUT2D eigenvalue weighted by atomic mass is 79.9. The number of amides is 2. The van der Waals surface area contributed by atoms with E-state index in [0.717, 1.165) is 11.1 Å². The molecule has 1 aliphatic heterocycles. The van der Waals surface area contributed by atoms with Gasteiger partial charge in [0.05, 0.1) is 6.42 Å². The second kappa shape index (κ2) is 15.9. The van der Waals surface area contributed by atoms with E-state index in [0.29, 0.717) is 35.8 Å². The lowest BCUT2D eigenvalue weighted by atomic mass is 10.1. The number of Topliss-reactive ketones (excluding diaryl/α,β-unsaturated/α-hetero) is 1. The fraction of sp³-hybridized carbons (Fsp3) is 0.419. The van der Waals surface area contributed by atoms with E-state index in [1.807, 2.05) is 12.1 Å². The molecule has 2 aromatic rings. The van der Waals surface area contributed by atoms with Gasteiger partial charge in [0, 0.05) is 19.3 Å². The van der Waals surface area contributed by atoms with Crippen molar-refractivity contribution in [1.82, 2.24) is 5.06 Å². The number of imide groups is 1. The third-order valence-corrected chi connectivity index (χ3v) is 6.47. The maximum absolute atomic E-state index is 11.8. The minimum atomic E-state index is -0.778. The van der Waals surface area contributed by atoms with E-state index in [1.54, 1.807) is 71.0 Å². The molecule has 10 nitrogen and oxygen atoms in total. The lowest BCUT2D eigenvalue weighted by Gasteiger charge is -2.14. The predicted molar refractivity (Wildman–Crippen MR) is 165 cm³/mol. The second-order valence-corrected chi connectivity index (χ2v) is 14.7. The van der Waals surface area contributed by atoms with Gasteiger partial charge in [0.15, 0.2) is 0 Å². The summed E-state index contributed by atoms with van der Waals surface area (Å²) in [7, 11) is 0. The lowest BCUT2D eigenvalue weighted by molar-refractivity contribution is -0.197. The topological polar surface area (TPSA) is 133 Å². The number of halogens is 2. The van der Waals surface area contributed by atoms with E-state index >= 15 is 0 Å². The molecule has 2 amide bonds. The summed E-state index contributed by atoms with van der Waals surface area (Å²) < 4.78 is 8.95. The molecule has 2 aromatic carbocycles. The molecule has 0 unspecified atom stereocenters. The van der Waals surface area contributed by atoms with Crippen LogP contribution in [-0.2, 0) is 46.4 Å². The first-order chi connectivity index (χ1) is 20.0. The van der Waals surface area contributed by atoms with Crippen LogP contribution in [0.5, 0.6) is 11.5 Å². The standard InChI is InChI=1S/C17H18BrNO6.C14H17BrO3/c1-17(2,18)16(23)24-12-6-3-11(4-7-12)5-10-15(22)25-19-13(20)8-9-14(19)21;1-10(16)4-5-11-6-8-12(9-7-11)18-13(17)14(2,3)15/h3-4,6-7H,5,8-10H2,1-2H3;6-9H,4-5H2,1-3H3. The number of alkyl halides is 2. The lowest BCUT2D eigenvalue weighted by Crippen LogP contribution is -2.32. The molecule has 12 heteroatoms. The highest BCUT2D eigenvalue weighted by molar-refractivity contribution is 9.10. The molecule has 0 saturated carbocycles. The Kier molecular flexibility index (Phi) is 13.2. The van der Waals surface area contributed by atoms with Crippen LogP contribution < -0.4 is 9.47 Å². The summed E-state index contributed by atoms with van der Waals surface area (Å²) in [5.41, 5.74) is 1.89. The average Bonchev–Trinajstić information content (AvgIpc) is 3.23. The molecule has 0 bridgehead atoms. The van der Waals surface area contributed by atoms with Crippen molar-refractivity contribution in [3.05, 3.63) is 59.7 Å². The molecule has 0 atom stereocenters. The molecule has 0 spiro atoms. The fourth-order valence-electron chi connectivity index (χ4n) is 3.28. The van der Waals surface area contributed by atoms with E-state index in [4.69, 9.17) is 14.3 Å². The van der Waals surface area contributed by atoms with Gasteiger partial charge in [0.1, 0.15) is 25.9 Å². The highest BCUT2D eigenvalue weighted by Gasteiger charge is 2.32. The Morgan fingerprint density at radius 3 is 1.42 bits per heavy atom. The van der Waals surface area contributed by atoms with Gasteiger partial charge in [-0.2, -0.15) is 0 Å². The molecule has 43 heavy (non-hydrogen) atoms. The van der Waals surface area contributed by atoms with Crippen molar-refractivity contribution in [2.75, 3.05) is 0 Å². The number of benzene rings is 2. The number of carbonyl (C=O) groups is 6. The van der Waals surface area contributed by atoms with Gasteiger partial charge in [-0.05, 0) is 82.9 Å². The van der Waals surface area contributed by atoms with Crippen molar-refractivity contribution in [2.45, 2.75) is 81.8 Å². The molecule has 3 rings (SSSR count). The zero-order chi connectivity index (χ0) is 32.4. The van der Waals surface area contributed by atoms with Gasteiger partial charge >= 0.3 is 17.9 Å². The van der Waals surface area contributed by atoms with E-state index in [2.05, 4.69) is 31.9 Å². The maximum atomic E-state index is 11.8. The van der Waals surface area contributed by atoms with Crippen molar-refractivity contribution >= 4 is 67.4 Å². The molecular weight excluding hydrogens is 690 g/mol. The number of ether oxygens (including phenoxy) is 2. The molecule has 232 valence electrons. The normalized spacial score (nSPS) is 13.1. The summed E-state index contributed by atoms with van der Waals surface area (Å²) in [5.74, 6) is -1.32. The number of hydrogen-bond acceptors (Lipinski definition) is 9. The first-order valence-corrected chi connectivity index (χ1v) is 15.1. The minimum absolute atomic E-state index is 0.0185. The average molecular weight is 725 g/mol. The van der Waals surface area contributed by atoms with Crippen LogP contribution in [0, 0.1) is 0 Å². The zero-order valence-corrected chi connectivity index (χ0v) is 27.9. The monoisotopic (exact) mass is 723 g/mol. The Labute approximate surface area is 267 Å². The number of rotatable bonds is 11. The van der Waals surface area contributed by atoms with Crippen LogP contribution in [0.15, 0.2) is 48.5 Å². The molecule has 0 N–H and O–H groups in total. The Morgan fingerprint density at radius 1 is 0.698 bits per heavy atom. The summed E-state index contributed by atoms with van der Waals surface area (Å²) in [6.45, 7) is 8.41.